The van der Waals surface area contributed by atoms with E-state index in [0.717, 1.165) is 0 Å². The second kappa shape index (κ2) is 7.14. The first-order valence-corrected chi connectivity index (χ1v) is 7.18. The van der Waals surface area contributed by atoms with E-state index in [2.05, 4.69) is 0 Å². The van der Waals surface area contributed by atoms with Crippen LogP contribution in [0, 0.1) is 0 Å². The summed E-state index contributed by atoms with van der Waals surface area (Å²) >= 11 is 0. The predicted molar refractivity (Wildman–Crippen MR) is 66.6 cm³/mol. The van der Waals surface area contributed by atoms with Gasteiger partial charge in [-0.25, -0.2) is 4.79 Å². The van der Waals surface area contributed by atoms with Crippen LogP contribution in [0.3, 0.4) is 0 Å². The van der Waals surface area contributed by atoms with Gasteiger partial charge in [0.1, 0.15) is 6.04 Å². The molecule has 1 heterocycles. The molecule has 0 aliphatic carbocycles. The van der Waals surface area contributed by atoms with Crippen LogP contribution in [0.1, 0.15) is 32.6 Å². The lowest BCUT2D eigenvalue weighted by atomic mass is 10.1. The van der Waals surface area contributed by atoms with Crippen LogP contribution in [0.4, 0.5) is 30.7 Å². The molecule has 0 spiro atoms. The highest BCUT2D eigenvalue weighted by Crippen LogP contribution is 2.47. The fourth-order valence-corrected chi connectivity index (χ4v) is 2.16. The van der Waals surface area contributed by atoms with Crippen molar-refractivity contribution in [3.8, 4) is 0 Å². The Morgan fingerprint density at radius 1 is 1.12 bits per heavy atom. The minimum absolute atomic E-state index is 0.00690. The third-order valence-corrected chi connectivity index (χ3v) is 3.55. The summed E-state index contributed by atoms with van der Waals surface area (Å²) in [5, 5.41) is 0. The lowest BCUT2D eigenvalue weighted by Gasteiger charge is -2.32. The summed E-state index contributed by atoms with van der Waals surface area (Å²) in [5.41, 5.74) is 0. The van der Waals surface area contributed by atoms with Crippen LogP contribution in [-0.2, 0) is 14.3 Å². The Morgan fingerprint density at radius 3 is 2.21 bits per heavy atom. The summed E-state index contributed by atoms with van der Waals surface area (Å²) in [4.78, 5) is 23.4. The Balaban J connectivity index is 2.94. The summed E-state index contributed by atoms with van der Waals surface area (Å²) < 4.78 is 94.0. The number of alkyl halides is 7. The third kappa shape index (κ3) is 3.75. The maximum atomic E-state index is 13.5. The van der Waals surface area contributed by atoms with Crippen molar-refractivity contribution in [2.75, 3.05) is 13.2 Å². The minimum Gasteiger partial charge on any atom is -0.464 e. The van der Waals surface area contributed by atoms with Gasteiger partial charge in [-0.2, -0.15) is 30.7 Å². The molecule has 0 aromatic heterocycles. The van der Waals surface area contributed by atoms with Crippen LogP contribution in [0.5, 0.6) is 0 Å². The van der Waals surface area contributed by atoms with E-state index in [0.29, 0.717) is 12.8 Å². The predicted octanol–water partition coefficient (Wildman–Crippen LogP) is 3.15. The van der Waals surface area contributed by atoms with Crippen molar-refractivity contribution in [2.24, 2.45) is 0 Å². The van der Waals surface area contributed by atoms with Gasteiger partial charge in [0.05, 0.1) is 6.61 Å². The molecule has 0 saturated carbocycles. The average molecular weight is 367 g/mol. The van der Waals surface area contributed by atoms with Gasteiger partial charge in [0.2, 0.25) is 0 Å². The molecule has 1 saturated heterocycles. The monoisotopic (exact) mass is 367 g/mol. The van der Waals surface area contributed by atoms with Gasteiger partial charge in [-0.15, -0.1) is 0 Å². The molecule has 1 fully saturated rings. The van der Waals surface area contributed by atoms with Gasteiger partial charge in [0.25, 0.3) is 0 Å². The molecule has 24 heavy (non-hydrogen) atoms. The third-order valence-electron chi connectivity index (χ3n) is 3.55. The van der Waals surface area contributed by atoms with Gasteiger partial charge in [-0.1, -0.05) is 13.3 Å². The second-order valence-corrected chi connectivity index (χ2v) is 5.32. The van der Waals surface area contributed by atoms with Gasteiger partial charge in [-0.05, 0) is 19.3 Å². The maximum absolute atomic E-state index is 13.5. The van der Waals surface area contributed by atoms with E-state index in [1.54, 1.807) is 6.92 Å². The molecule has 140 valence electrons. The SMILES string of the molecule is CCCCOC(=O)C1CCCN1C(=O)C(F)(F)C(F)(F)C(F)(F)F. The minimum atomic E-state index is -6.61. The smallest absolute Gasteiger partial charge is 0.460 e. The second-order valence-electron chi connectivity index (χ2n) is 5.32. The number of halogens is 7. The van der Waals surface area contributed by atoms with Crippen molar-refractivity contribution in [2.45, 2.75) is 56.7 Å². The molecule has 4 nitrogen and oxygen atoms in total. The molecule has 0 N–H and O–H groups in total. The molecule has 1 amide bonds. The molecule has 0 aromatic rings. The molecule has 1 atom stereocenters. The van der Waals surface area contributed by atoms with E-state index in [1.807, 2.05) is 0 Å². The molecule has 1 aliphatic rings. The maximum Gasteiger partial charge on any atom is 0.460 e. The van der Waals surface area contributed by atoms with Crippen LogP contribution in [0.25, 0.3) is 0 Å². The molecule has 11 heteroatoms. The van der Waals surface area contributed by atoms with Crippen molar-refractivity contribution in [1.82, 2.24) is 4.90 Å². The highest BCUT2D eigenvalue weighted by atomic mass is 19.4. The zero-order valence-electron chi connectivity index (χ0n) is 12.6. The Labute approximate surface area is 132 Å². The van der Waals surface area contributed by atoms with Crippen molar-refractivity contribution in [3.63, 3.8) is 0 Å². The number of nitrogens with zero attached hydrogens (tertiary/aromatic N) is 1. The van der Waals surface area contributed by atoms with Gasteiger partial charge >= 0.3 is 29.9 Å². The summed E-state index contributed by atoms with van der Waals surface area (Å²) in [6, 6.07) is -1.59. The topological polar surface area (TPSA) is 46.6 Å². The number of rotatable bonds is 6. The number of amides is 1. The summed E-state index contributed by atoms with van der Waals surface area (Å²) in [5.74, 6) is -16.4. The summed E-state index contributed by atoms with van der Waals surface area (Å²) in [6.45, 7) is 1.18. The van der Waals surface area contributed by atoms with Crippen molar-refractivity contribution < 1.29 is 45.1 Å². The number of carbonyl (C=O) groups is 2. The van der Waals surface area contributed by atoms with Gasteiger partial charge in [-0.3, -0.25) is 4.79 Å². The number of ether oxygens (including phenoxy) is 1. The number of hydrogen-bond donors (Lipinski definition) is 0. The Bertz CT molecular complexity index is 479. The fraction of sp³-hybridized carbons (Fsp3) is 0.846. The van der Waals surface area contributed by atoms with Crippen LogP contribution in [0.2, 0.25) is 0 Å². The quantitative estimate of drug-likeness (QED) is 0.412. The average Bonchev–Trinajstić information content (AvgIpc) is 2.94. The molecule has 0 bridgehead atoms. The van der Waals surface area contributed by atoms with Crippen LogP contribution < -0.4 is 0 Å². The first-order valence-electron chi connectivity index (χ1n) is 7.18. The van der Waals surface area contributed by atoms with E-state index in [1.165, 1.54) is 0 Å². The van der Waals surface area contributed by atoms with Crippen LogP contribution in [-0.4, -0.2) is 54.0 Å². The number of carbonyl (C=O) groups excluding carboxylic acids is 2. The number of likely N-dealkylation sites (tertiary alicyclic amines) is 1. The molecular weight excluding hydrogens is 351 g/mol. The van der Waals surface area contributed by atoms with Gasteiger partial charge < -0.3 is 9.64 Å². The molecule has 1 rings (SSSR count). The molecule has 0 radical (unpaired) electrons. The Morgan fingerprint density at radius 2 is 1.71 bits per heavy atom. The standard InChI is InChI=1S/C13H16F7NO3/c1-2-3-7-24-9(22)8-5-4-6-21(8)10(23)11(14,15)12(16,17)13(18,19)20/h8H,2-7H2,1H3. The van der Waals surface area contributed by atoms with Crippen LogP contribution in [0.15, 0.2) is 0 Å². The lowest BCUT2D eigenvalue weighted by Crippen LogP contribution is -2.61. The largest absolute Gasteiger partial charge is 0.464 e. The van der Waals surface area contributed by atoms with E-state index in [9.17, 15) is 40.3 Å². The highest BCUT2D eigenvalue weighted by molar-refractivity contribution is 5.90. The Hall–Kier alpha value is -1.55. The van der Waals surface area contributed by atoms with E-state index >= 15 is 0 Å². The molecule has 0 aromatic carbocycles. The first kappa shape index (κ1) is 20.5. The molecule has 1 unspecified atom stereocenters. The highest BCUT2D eigenvalue weighted by Gasteiger charge is 2.77. The fourth-order valence-electron chi connectivity index (χ4n) is 2.16. The normalized spacial score (nSPS) is 19.5. The number of hydrogen-bond acceptors (Lipinski definition) is 3. The van der Waals surface area contributed by atoms with Crippen molar-refractivity contribution in [3.05, 3.63) is 0 Å². The zero-order valence-corrected chi connectivity index (χ0v) is 12.6. The summed E-state index contributed by atoms with van der Waals surface area (Å²) in [7, 11) is 0. The van der Waals surface area contributed by atoms with Gasteiger partial charge in [0.15, 0.2) is 0 Å². The van der Waals surface area contributed by atoms with E-state index < -0.39 is 42.5 Å². The van der Waals surface area contributed by atoms with Crippen molar-refractivity contribution >= 4 is 11.9 Å². The van der Waals surface area contributed by atoms with E-state index in [4.69, 9.17) is 4.74 Å². The van der Waals surface area contributed by atoms with Crippen molar-refractivity contribution in [1.29, 1.82) is 0 Å². The Kier molecular flexibility index (Phi) is 6.10. The molecular formula is C13H16F7NO3. The number of unbranched alkanes of at least 4 members (excludes halogenated alkanes) is 1. The van der Waals surface area contributed by atoms with E-state index in [-0.39, 0.29) is 24.3 Å². The van der Waals surface area contributed by atoms with Gasteiger partial charge in [0, 0.05) is 6.54 Å². The van der Waals surface area contributed by atoms with Crippen LogP contribution >= 0.6 is 0 Å². The number of esters is 1. The molecule has 1 aliphatic heterocycles. The first-order chi connectivity index (χ1) is 10.9. The zero-order chi connectivity index (χ0) is 18.8. The summed E-state index contributed by atoms with van der Waals surface area (Å²) in [6.07, 6.45) is -5.65. The lowest BCUT2D eigenvalue weighted by molar-refractivity contribution is -0.346.